The van der Waals surface area contributed by atoms with Crippen molar-refractivity contribution < 1.29 is 33.3 Å². The summed E-state index contributed by atoms with van der Waals surface area (Å²) >= 11 is 2.44. The molecule has 0 aromatic carbocycles. The first-order valence-corrected chi connectivity index (χ1v) is 12.6. The van der Waals surface area contributed by atoms with E-state index in [1.807, 2.05) is 0 Å². The average molecular weight is 543 g/mol. The van der Waals surface area contributed by atoms with Gasteiger partial charge in [-0.2, -0.15) is 0 Å². The Hall–Kier alpha value is -4.31. The van der Waals surface area contributed by atoms with Gasteiger partial charge in [-0.1, -0.05) is 5.16 Å². The van der Waals surface area contributed by atoms with E-state index in [0.717, 1.165) is 16.2 Å². The topological polar surface area (TPSA) is 193 Å². The maximum Gasteiger partial charge on any atom is 0.276 e. The lowest BCUT2D eigenvalue weighted by Gasteiger charge is -2.50. The van der Waals surface area contributed by atoms with Crippen LogP contribution in [0.15, 0.2) is 57.1 Å². The van der Waals surface area contributed by atoms with Gasteiger partial charge in [-0.25, -0.2) is 9.55 Å². The molecule has 0 aliphatic carbocycles. The van der Waals surface area contributed by atoms with Crippen LogP contribution in [0.2, 0.25) is 0 Å². The number of aliphatic carboxylic acids is 1. The molecular formula is C21H18N8O6S2. The molecular weight excluding hydrogens is 524 g/mol. The smallest absolute Gasteiger partial charge is 0.276 e. The van der Waals surface area contributed by atoms with Crippen LogP contribution in [0.1, 0.15) is 5.69 Å². The SMILES string of the molecule is CO/N=C(\C(=O)N[C@@H]1C(=O)N2C(C(=O)[O-])=C(C[n+]3cccc(-c4nnco4)c3)CS[C@@H]12)c1csc(N)n1. The van der Waals surface area contributed by atoms with Crippen molar-refractivity contribution in [1.29, 1.82) is 0 Å². The Bertz CT molecular complexity index is 1440. The third-order valence-electron chi connectivity index (χ3n) is 5.53. The Balaban J connectivity index is 1.35. The number of β-lactam (4-membered cyclic amide) rings is 1. The highest BCUT2D eigenvalue weighted by Crippen LogP contribution is 2.40. The number of amides is 2. The van der Waals surface area contributed by atoms with Crippen LogP contribution in [-0.2, 0) is 25.8 Å². The Morgan fingerprint density at radius 2 is 2.30 bits per heavy atom. The van der Waals surface area contributed by atoms with E-state index in [2.05, 4.69) is 25.7 Å². The molecule has 2 aliphatic rings. The van der Waals surface area contributed by atoms with Gasteiger partial charge in [-0.15, -0.1) is 33.3 Å². The number of hydrogen-bond acceptors (Lipinski definition) is 13. The van der Waals surface area contributed by atoms with Gasteiger partial charge in [0.15, 0.2) is 29.8 Å². The third kappa shape index (κ3) is 4.63. The summed E-state index contributed by atoms with van der Waals surface area (Å²) in [4.78, 5) is 47.9. The van der Waals surface area contributed by atoms with Crippen LogP contribution in [0.4, 0.5) is 5.13 Å². The fourth-order valence-corrected chi connectivity index (χ4v) is 5.84. The largest absolute Gasteiger partial charge is 0.543 e. The molecule has 0 radical (unpaired) electrons. The van der Waals surface area contributed by atoms with Crippen LogP contribution in [0.25, 0.3) is 11.5 Å². The highest BCUT2D eigenvalue weighted by molar-refractivity contribution is 8.00. The normalized spacial score (nSPS) is 19.3. The van der Waals surface area contributed by atoms with E-state index in [1.54, 1.807) is 29.1 Å². The number of nitrogens with two attached hydrogens (primary N) is 1. The Morgan fingerprint density at radius 1 is 1.46 bits per heavy atom. The molecule has 3 N–H and O–H groups in total. The summed E-state index contributed by atoms with van der Waals surface area (Å²) in [5, 5.41) is 27.1. The van der Waals surface area contributed by atoms with E-state index >= 15 is 0 Å². The number of anilines is 1. The van der Waals surface area contributed by atoms with Crippen molar-refractivity contribution in [1.82, 2.24) is 25.4 Å². The van der Waals surface area contributed by atoms with Gasteiger partial charge in [0.25, 0.3) is 17.7 Å². The highest BCUT2D eigenvalue weighted by Gasteiger charge is 2.53. The van der Waals surface area contributed by atoms with Gasteiger partial charge in [0, 0.05) is 22.8 Å². The minimum Gasteiger partial charge on any atom is -0.543 e. The number of nitrogens with zero attached hydrogens (tertiary/aromatic N) is 6. The summed E-state index contributed by atoms with van der Waals surface area (Å²) in [7, 11) is 1.27. The summed E-state index contributed by atoms with van der Waals surface area (Å²) < 4.78 is 6.96. The first-order valence-electron chi connectivity index (χ1n) is 10.6. The quantitative estimate of drug-likeness (QED) is 0.146. The first-order chi connectivity index (χ1) is 17.9. The molecule has 1 fully saturated rings. The molecule has 3 aromatic heterocycles. The second kappa shape index (κ2) is 9.98. The molecule has 16 heteroatoms. The molecule has 190 valence electrons. The average Bonchev–Trinajstić information content (AvgIpc) is 3.57. The molecule has 5 heterocycles. The van der Waals surface area contributed by atoms with Gasteiger partial charge in [-0.3, -0.25) is 14.5 Å². The Kier molecular flexibility index (Phi) is 6.58. The monoisotopic (exact) mass is 542 g/mol. The van der Waals surface area contributed by atoms with E-state index in [0.29, 0.717) is 22.8 Å². The molecule has 14 nitrogen and oxygen atoms in total. The number of carbonyl (C=O) groups excluding carboxylic acids is 3. The zero-order valence-electron chi connectivity index (χ0n) is 19.1. The van der Waals surface area contributed by atoms with Crippen molar-refractivity contribution in [2.75, 3.05) is 18.6 Å². The van der Waals surface area contributed by atoms with Crippen LogP contribution in [0, 0.1) is 0 Å². The zero-order valence-corrected chi connectivity index (χ0v) is 20.7. The number of carboxylic acid groups (broad SMARTS) is 1. The van der Waals surface area contributed by atoms with Crippen molar-refractivity contribution in [3.8, 4) is 11.5 Å². The predicted molar refractivity (Wildman–Crippen MR) is 127 cm³/mol. The Labute approximate surface area is 216 Å². The van der Waals surface area contributed by atoms with Gasteiger partial charge in [0.05, 0.1) is 11.7 Å². The number of pyridine rings is 1. The number of oxime groups is 1. The molecule has 5 rings (SSSR count). The number of rotatable bonds is 8. The molecule has 2 amide bonds. The number of thioether (sulfide) groups is 1. The molecule has 1 saturated heterocycles. The second-order valence-corrected chi connectivity index (χ2v) is 9.80. The minimum atomic E-state index is -1.48. The molecule has 0 spiro atoms. The van der Waals surface area contributed by atoms with Crippen molar-refractivity contribution >= 4 is 51.7 Å². The summed E-state index contributed by atoms with van der Waals surface area (Å²) in [5.41, 5.74) is 6.59. The second-order valence-electron chi connectivity index (χ2n) is 7.80. The fourth-order valence-electron chi connectivity index (χ4n) is 3.96. The molecule has 2 atom stereocenters. The number of nitrogen functional groups attached to an aromatic ring is 1. The van der Waals surface area contributed by atoms with Crippen molar-refractivity contribution in [2.24, 2.45) is 5.16 Å². The summed E-state index contributed by atoms with van der Waals surface area (Å²) in [5.74, 6) is -2.16. The highest BCUT2D eigenvalue weighted by atomic mass is 32.2. The number of aromatic nitrogens is 4. The maximum absolute atomic E-state index is 13.0. The maximum atomic E-state index is 13.0. The van der Waals surface area contributed by atoms with E-state index in [-0.39, 0.29) is 28.8 Å². The van der Waals surface area contributed by atoms with Gasteiger partial charge in [0.1, 0.15) is 29.8 Å². The van der Waals surface area contributed by atoms with E-state index < -0.39 is 29.2 Å². The van der Waals surface area contributed by atoms with Gasteiger partial charge in [-0.05, 0) is 6.07 Å². The van der Waals surface area contributed by atoms with Crippen LogP contribution in [0.3, 0.4) is 0 Å². The van der Waals surface area contributed by atoms with Gasteiger partial charge < -0.3 is 30.2 Å². The van der Waals surface area contributed by atoms with E-state index in [4.69, 9.17) is 15.0 Å². The number of thiazole rings is 1. The molecule has 0 saturated carbocycles. The van der Waals surface area contributed by atoms with E-state index in [1.165, 1.54) is 30.6 Å². The standard InChI is InChI=1S/C21H18N8O6S2/c1-34-27-13(12-8-37-21(22)24-12)16(30)25-14-18(31)29-15(20(32)33)11(7-36-19(14)29)6-28-4-2-3-10(5-28)17-26-23-9-35-17/h2-5,8-9,14,19H,6-7H2,1H3,(H3-,22,24,25,30,32,33)/b27-13-/t14-,19+/m1/s1. The lowest BCUT2D eigenvalue weighted by Crippen LogP contribution is -2.71. The van der Waals surface area contributed by atoms with Crippen molar-refractivity contribution in [3.63, 3.8) is 0 Å². The summed E-state index contributed by atoms with van der Waals surface area (Å²) in [6.45, 7) is 0.182. The molecule has 3 aromatic rings. The van der Waals surface area contributed by atoms with Crippen LogP contribution >= 0.6 is 23.1 Å². The zero-order chi connectivity index (χ0) is 26.1. The van der Waals surface area contributed by atoms with Gasteiger partial charge in [0.2, 0.25) is 6.39 Å². The fraction of sp³-hybridized carbons (Fsp3) is 0.238. The predicted octanol–water partition coefficient (Wildman–Crippen LogP) is -1.48. The molecule has 0 unspecified atom stereocenters. The number of carboxylic acids is 1. The summed E-state index contributed by atoms with van der Waals surface area (Å²) in [6, 6.07) is 2.56. The third-order valence-corrected chi connectivity index (χ3v) is 7.54. The molecule has 2 aliphatic heterocycles. The van der Waals surface area contributed by atoms with Crippen molar-refractivity contribution in [3.05, 3.63) is 53.3 Å². The number of carbonyl (C=O) groups is 3. The molecule has 0 bridgehead atoms. The summed E-state index contributed by atoms with van der Waals surface area (Å²) in [6.07, 6.45) is 4.69. The van der Waals surface area contributed by atoms with Crippen LogP contribution < -0.4 is 20.7 Å². The number of fused-ring (bicyclic) bond motifs is 1. The van der Waals surface area contributed by atoms with E-state index in [9.17, 15) is 19.5 Å². The molecule has 37 heavy (non-hydrogen) atoms. The first kappa shape index (κ1) is 24.4. The van der Waals surface area contributed by atoms with Crippen LogP contribution in [0.5, 0.6) is 0 Å². The number of nitrogens with one attached hydrogen (secondary N) is 1. The number of hydrogen-bond donors (Lipinski definition) is 2. The van der Waals surface area contributed by atoms with Gasteiger partial charge >= 0.3 is 0 Å². The van der Waals surface area contributed by atoms with Crippen LogP contribution in [-0.4, -0.2) is 67.9 Å². The Morgan fingerprint density at radius 3 is 2.97 bits per heavy atom. The van der Waals surface area contributed by atoms with Crippen molar-refractivity contribution in [2.45, 2.75) is 18.0 Å². The minimum absolute atomic E-state index is 0.156. The lowest BCUT2D eigenvalue weighted by atomic mass is 10.0. The lowest BCUT2D eigenvalue weighted by molar-refractivity contribution is -0.688.